The molecule has 7 heteroatoms. The number of piperazine rings is 1. The third-order valence-electron chi connectivity index (χ3n) is 5.97. The fraction of sp³-hybridized carbons (Fsp3) is 0.308. The normalized spacial score (nSPS) is 15.3. The summed E-state index contributed by atoms with van der Waals surface area (Å²) >= 11 is 0. The molecule has 33 heavy (non-hydrogen) atoms. The summed E-state index contributed by atoms with van der Waals surface area (Å²) in [5, 5.41) is 3.57. The van der Waals surface area contributed by atoms with Gasteiger partial charge in [-0.25, -0.2) is 4.39 Å². The molecule has 3 aromatic rings. The molecule has 1 amide bonds. The number of rotatable bonds is 8. The van der Waals surface area contributed by atoms with Crippen LogP contribution in [0.5, 0.6) is 5.75 Å². The molecular formula is C26H29FN4O2. The van der Waals surface area contributed by atoms with Crippen molar-refractivity contribution in [3.05, 3.63) is 95.6 Å². The van der Waals surface area contributed by atoms with Gasteiger partial charge in [0.2, 0.25) is 0 Å². The van der Waals surface area contributed by atoms with Crippen LogP contribution in [0.25, 0.3) is 0 Å². The van der Waals surface area contributed by atoms with Gasteiger partial charge in [-0.3, -0.25) is 14.7 Å². The molecule has 1 aliphatic rings. The molecule has 1 fully saturated rings. The number of amides is 1. The highest BCUT2D eigenvalue weighted by Gasteiger charge is 2.26. The van der Waals surface area contributed by atoms with Gasteiger partial charge in [0.15, 0.2) is 0 Å². The van der Waals surface area contributed by atoms with Crippen molar-refractivity contribution < 1.29 is 13.9 Å². The predicted molar refractivity (Wildman–Crippen MR) is 126 cm³/mol. The van der Waals surface area contributed by atoms with Crippen LogP contribution in [0.3, 0.4) is 0 Å². The van der Waals surface area contributed by atoms with E-state index in [-0.39, 0.29) is 17.8 Å². The monoisotopic (exact) mass is 448 g/mol. The molecule has 0 radical (unpaired) electrons. The molecule has 1 aromatic heterocycles. The first-order valence-corrected chi connectivity index (χ1v) is 11.2. The Morgan fingerprint density at radius 3 is 2.45 bits per heavy atom. The van der Waals surface area contributed by atoms with Gasteiger partial charge < -0.3 is 15.0 Å². The van der Waals surface area contributed by atoms with Crippen molar-refractivity contribution in [3.8, 4) is 5.75 Å². The standard InChI is InChI=1S/C26H29FN4O2/c1-33-25-8-3-2-7-23(25)26(32)31-16-14-30(15-17-31)19-24(20-9-11-21(27)12-10-20)29-18-22-6-4-5-13-28-22/h2-13,24,29H,14-19H2,1H3. The highest BCUT2D eigenvalue weighted by molar-refractivity contribution is 5.97. The molecule has 1 saturated heterocycles. The molecule has 0 aliphatic carbocycles. The van der Waals surface area contributed by atoms with Gasteiger partial charge in [-0.05, 0) is 42.0 Å². The molecule has 1 atom stereocenters. The number of aromatic nitrogens is 1. The van der Waals surface area contributed by atoms with Gasteiger partial charge >= 0.3 is 0 Å². The number of para-hydroxylation sites is 1. The number of pyridine rings is 1. The molecule has 4 rings (SSSR count). The SMILES string of the molecule is COc1ccccc1C(=O)N1CCN(CC(NCc2ccccn2)c2ccc(F)cc2)CC1. The number of ether oxygens (including phenoxy) is 1. The van der Waals surface area contributed by atoms with E-state index in [4.69, 9.17) is 4.74 Å². The molecule has 0 spiro atoms. The minimum atomic E-state index is -0.245. The van der Waals surface area contributed by atoms with Crippen LogP contribution in [0.4, 0.5) is 4.39 Å². The van der Waals surface area contributed by atoms with Gasteiger partial charge in [-0.15, -0.1) is 0 Å². The zero-order valence-corrected chi connectivity index (χ0v) is 18.8. The maximum atomic E-state index is 13.5. The van der Waals surface area contributed by atoms with Gasteiger partial charge in [0.1, 0.15) is 11.6 Å². The van der Waals surface area contributed by atoms with E-state index in [0.29, 0.717) is 30.9 Å². The van der Waals surface area contributed by atoms with Crippen LogP contribution in [0.2, 0.25) is 0 Å². The van der Waals surface area contributed by atoms with Gasteiger partial charge in [0.25, 0.3) is 5.91 Å². The third-order valence-corrected chi connectivity index (χ3v) is 5.97. The number of nitrogens with zero attached hydrogens (tertiary/aromatic N) is 3. The van der Waals surface area contributed by atoms with Crippen LogP contribution >= 0.6 is 0 Å². The molecular weight excluding hydrogens is 419 g/mol. The number of hydrogen-bond acceptors (Lipinski definition) is 5. The van der Waals surface area contributed by atoms with E-state index in [9.17, 15) is 9.18 Å². The minimum Gasteiger partial charge on any atom is -0.496 e. The second kappa shape index (κ2) is 11.0. The molecule has 6 nitrogen and oxygen atoms in total. The average molecular weight is 449 g/mol. The van der Waals surface area contributed by atoms with Crippen molar-refractivity contribution in [2.24, 2.45) is 0 Å². The first-order chi connectivity index (χ1) is 16.1. The van der Waals surface area contributed by atoms with Crippen molar-refractivity contribution >= 4 is 5.91 Å². The fourth-order valence-electron chi connectivity index (χ4n) is 4.10. The van der Waals surface area contributed by atoms with Crippen molar-refractivity contribution in [1.29, 1.82) is 0 Å². The number of carbonyl (C=O) groups is 1. The van der Waals surface area contributed by atoms with Crippen LogP contribution in [0.15, 0.2) is 72.9 Å². The van der Waals surface area contributed by atoms with E-state index in [1.807, 2.05) is 53.4 Å². The topological polar surface area (TPSA) is 57.7 Å². The third kappa shape index (κ3) is 5.94. The Kier molecular flexibility index (Phi) is 7.65. The van der Waals surface area contributed by atoms with Crippen LogP contribution in [-0.4, -0.2) is 60.5 Å². The second-order valence-corrected chi connectivity index (χ2v) is 8.10. The summed E-state index contributed by atoms with van der Waals surface area (Å²) in [6, 6.07) is 19.8. The molecule has 1 unspecified atom stereocenters. The smallest absolute Gasteiger partial charge is 0.257 e. The Hall–Kier alpha value is -3.29. The number of hydrogen-bond donors (Lipinski definition) is 1. The van der Waals surface area contributed by atoms with Crippen LogP contribution in [0.1, 0.15) is 27.7 Å². The Labute approximate surface area is 194 Å². The van der Waals surface area contributed by atoms with Gasteiger partial charge in [-0.1, -0.05) is 30.3 Å². The van der Waals surface area contributed by atoms with E-state index >= 15 is 0 Å². The van der Waals surface area contributed by atoms with E-state index in [2.05, 4.69) is 15.2 Å². The quantitative estimate of drug-likeness (QED) is 0.572. The van der Waals surface area contributed by atoms with E-state index in [1.165, 1.54) is 12.1 Å². The van der Waals surface area contributed by atoms with Crippen LogP contribution in [0, 0.1) is 5.82 Å². The van der Waals surface area contributed by atoms with Gasteiger partial charge in [-0.2, -0.15) is 0 Å². The summed E-state index contributed by atoms with van der Waals surface area (Å²) in [7, 11) is 1.58. The van der Waals surface area contributed by atoms with Crippen molar-refractivity contribution in [2.45, 2.75) is 12.6 Å². The van der Waals surface area contributed by atoms with Crippen LogP contribution in [-0.2, 0) is 6.54 Å². The number of methoxy groups -OCH3 is 1. The molecule has 1 aliphatic heterocycles. The lowest BCUT2D eigenvalue weighted by molar-refractivity contribution is 0.0621. The van der Waals surface area contributed by atoms with E-state index < -0.39 is 0 Å². The Morgan fingerprint density at radius 2 is 1.76 bits per heavy atom. The maximum absolute atomic E-state index is 13.5. The number of carbonyl (C=O) groups excluding carboxylic acids is 1. The molecule has 172 valence electrons. The summed E-state index contributed by atoms with van der Waals surface area (Å²) in [5.41, 5.74) is 2.58. The zero-order chi connectivity index (χ0) is 23.0. The lowest BCUT2D eigenvalue weighted by atomic mass is 10.1. The first kappa shape index (κ1) is 22.9. The van der Waals surface area contributed by atoms with Gasteiger partial charge in [0.05, 0.1) is 18.4 Å². The molecule has 1 N–H and O–H groups in total. The minimum absolute atomic E-state index is 0.00420. The summed E-state index contributed by atoms with van der Waals surface area (Å²) in [4.78, 5) is 21.6. The Bertz CT molecular complexity index is 1040. The van der Waals surface area contributed by atoms with Crippen molar-refractivity contribution in [2.75, 3.05) is 39.8 Å². The molecule has 0 saturated carbocycles. The predicted octanol–water partition coefficient (Wildman–Crippen LogP) is 3.52. The van der Waals surface area contributed by atoms with E-state index in [1.54, 1.807) is 19.4 Å². The fourth-order valence-corrected chi connectivity index (χ4v) is 4.10. The molecule has 2 heterocycles. The zero-order valence-electron chi connectivity index (χ0n) is 18.8. The summed E-state index contributed by atoms with van der Waals surface area (Å²) in [6.45, 7) is 4.21. The van der Waals surface area contributed by atoms with Crippen molar-refractivity contribution in [3.63, 3.8) is 0 Å². The summed E-state index contributed by atoms with van der Waals surface area (Å²) in [6.07, 6.45) is 1.78. The maximum Gasteiger partial charge on any atom is 0.257 e. The number of halogens is 1. The number of nitrogens with one attached hydrogen (secondary N) is 1. The Balaban J connectivity index is 1.39. The second-order valence-electron chi connectivity index (χ2n) is 8.10. The van der Waals surface area contributed by atoms with E-state index in [0.717, 1.165) is 30.9 Å². The lowest BCUT2D eigenvalue weighted by Crippen LogP contribution is -2.50. The largest absolute Gasteiger partial charge is 0.496 e. The molecule has 2 aromatic carbocycles. The summed E-state index contributed by atoms with van der Waals surface area (Å²) in [5.74, 6) is 0.348. The molecule has 0 bridgehead atoms. The Morgan fingerprint density at radius 1 is 1.03 bits per heavy atom. The van der Waals surface area contributed by atoms with Crippen LogP contribution < -0.4 is 10.1 Å². The van der Waals surface area contributed by atoms with Gasteiger partial charge in [0, 0.05) is 51.5 Å². The number of benzene rings is 2. The first-order valence-electron chi connectivity index (χ1n) is 11.2. The van der Waals surface area contributed by atoms with Crippen molar-refractivity contribution in [1.82, 2.24) is 20.1 Å². The highest BCUT2D eigenvalue weighted by Crippen LogP contribution is 2.21. The summed E-state index contributed by atoms with van der Waals surface area (Å²) < 4.78 is 18.8. The average Bonchev–Trinajstić information content (AvgIpc) is 2.87. The lowest BCUT2D eigenvalue weighted by Gasteiger charge is -2.37. The highest BCUT2D eigenvalue weighted by atomic mass is 19.1.